The van der Waals surface area contributed by atoms with E-state index in [1.54, 1.807) is 30.4 Å². The van der Waals surface area contributed by atoms with Crippen LogP contribution in [0.2, 0.25) is 0 Å². The Morgan fingerprint density at radius 2 is 1.95 bits per heavy atom. The van der Waals surface area contributed by atoms with Crippen LogP contribution in [0.1, 0.15) is 5.56 Å². The minimum absolute atomic E-state index is 0.209. The second kappa shape index (κ2) is 4.75. The quantitative estimate of drug-likeness (QED) is 0.734. The molecule has 3 rings (SSSR count). The predicted octanol–water partition coefficient (Wildman–Crippen LogP) is 2.59. The predicted molar refractivity (Wildman–Crippen MR) is 76.3 cm³/mol. The summed E-state index contributed by atoms with van der Waals surface area (Å²) in [5.74, 6) is 0. The van der Waals surface area contributed by atoms with E-state index in [0.29, 0.717) is 15.6 Å². The summed E-state index contributed by atoms with van der Waals surface area (Å²) in [5, 5.41) is 17.6. The number of nitrogens with zero attached hydrogens (tertiary/aromatic N) is 4. The number of aryl methyl sites for hydroxylation is 1. The number of rotatable bonds is 1. The lowest BCUT2D eigenvalue weighted by molar-refractivity contribution is -0.499. The van der Waals surface area contributed by atoms with E-state index in [-0.39, 0.29) is 11.4 Å². The van der Waals surface area contributed by atoms with Gasteiger partial charge in [-0.05, 0) is 42.3 Å². The largest absolute Gasteiger partial charge is 0.754 e. The third-order valence-electron chi connectivity index (χ3n) is 3.02. The third-order valence-corrected chi connectivity index (χ3v) is 3.02. The van der Waals surface area contributed by atoms with E-state index < -0.39 is 0 Å². The summed E-state index contributed by atoms with van der Waals surface area (Å²) in [5.41, 5.74) is 2.21. The minimum Gasteiger partial charge on any atom is -0.754 e. The smallest absolute Gasteiger partial charge is 0.270 e. The lowest BCUT2D eigenvalue weighted by atomic mass is 10.2. The van der Waals surface area contributed by atoms with Gasteiger partial charge in [-0.25, -0.2) is 0 Å². The van der Waals surface area contributed by atoms with Crippen molar-refractivity contribution in [1.82, 2.24) is 5.06 Å². The van der Waals surface area contributed by atoms with Crippen molar-refractivity contribution in [2.75, 3.05) is 5.12 Å². The Morgan fingerprint density at radius 3 is 2.65 bits per heavy atom. The zero-order chi connectivity index (χ0) is 14.1. The molecule has 1 aromatic carbocycles. The molecule has 0 saturated carbocycles. The molecule has 20 heavy (non-hydrogen) atoms. The first-order valence-electron chi connectivity index (χ1n) is 6.10. The third kappa shape index (κ3) is 2.02. The van der Waals surface area contributed by atoms with Crippen LogP contribution in [0.4, 0.5) is 5.69 Å². The van der Waals surface area contributed by atoms with Crippen LogP contribution in [0, 0.1) is 17.0 Å². The van der Waals surface area contributed by atoms with Gasteiger partial charge < -0.3 is 10.3 Å². The second-order valence-electron chi connectivity index (χ2n) is 4.44. The molecule has 6 heteroatoms. The van der Waals surface area contributed by atoms with Crippen molar-refractivity contribution in [3.63, 3.8) is 0 Å². The summed E-state index contributed by atoms with van der Waals surface area (Å²) in [6.45, 7) is 1.97. The van der Waals surface area contributed by atoms with Gasteiger partial charge in [0.15, 0.2) is 0 Å². The van der Waals surface area contributed by atoms with E-state index in [9.17, 15) is 10.1 Å². The molecule has 0 saturated heterocycles. The van der Waals surface area contributed by atoms with Crippen molar-refractivity contribution >= 4 is 11.9 Å². The number of nitroso groups, excluding NO2 is 1. The van der Waals surface area contributed by atoms with Crippen LogP contribution in [0.15, 0.2) is 65.2 Å². The Labute approximate surface area is 115 Å². The van der Waals surface area contributed by atoms with Gasteiger partial charge in [-0.1, -0.05) is 23.8 Å². The fourth-order valence-electron chi connectivity index (χ4n) is 1.95. The molecule has 6 nitrogen and oxygen atoms in total. The highest BCUT2D eigenvalue weighted by molar-refractivity contribution is 5.80. The molecule has 0 bridgehead atoms. The fraction of sp³-hybridized carbons (Fsp3) is 0.0714. The van der Waals surface area contributed by atoms with Gasteiger partial charge in [-0.2, -0.15) is 0 Å². The summed E-state index contributed by atoms with van der Waals surface area (Å²) in [6, 6.07) is 7.40. The average molecular weight is 268 g/mol. The van der Waals surface area contributed by atoms with Gasteiger partial charge in [0.1, 0.15) is 5.69 Å². The molecule has 0 amide bonds. The molecule has 0 fully saturated rings. The number of hydrazone groups is 1. The molecule has 2 heterocycles. The van der Waals surface area contributed by atoms with Crippen LogP contribution >= 0.6 is 0 Å². The molecular formula is C14H12N4O2. The minimum atomic E-state index is 0.209. The van der Waals surface area contributed by atoms with Crippen LogP contribution in [-0.4, -0.2) is 16.1 Å². The maximum Gasteiger partial charge on any atom is 0.270 e. The Balaban J connectivity index is 1.94. The van der Waals surface area contributed by atoms with E-state index >= 15 is 0 Å². The Bertz CT molecular complexity index is 671. The normalized spacial score (nSPS) is 21.2. The van der Waals surface area contributed by atoms with Gasteiger partial charge in [0.05, 0.1) is 10.6 Å². The topological polar surface area (TPSA) is 62.0 Å². The highest BCUT2D eigenvalue weighted by atomic mass is 16.5. The number of anilines is 1. The molecular weight excluding hydrogens is 256 g/mol. The standard InChI is InChI=1S/C14H12N4O2/c1-11-5-7-12(8-6-11)17-15-10-14(18(17)20)13-4-2-3-9-16(13)19/h2-10H,1H3. The number of allylic oxidation sites excluding steroid dienone is 4. The molecule has 0 radical (unpaired) electrons. The first-order valence-corrected chi connectivity index (χ1v) is 6.10. The number of hydrogen-bond donors (Lipinski definition) is 0. The van der Waals surface area contributed by atoms with Crippen LogP contribution in [0.5, 0.6) is 0 Å². The Hall–Kier alpha value is -2.73. The van der Waals surface area contributed by atoms with E-state index in [1.165, 1.54) is 17.5 Å². The van der Waals surface area contributed by atoms with Crippen LogP contribution in [0.3, 0.4) is 0 Å². The molecule has 2 aliphatic heterocycles. The number of benzene rings is 1. The van der Waals surface area contributed by atoms with Gasteiger partial charge in [0, 0.05) is 10.2 Å². The molecule has 1 aromatic rings. The number of hydrazine groups is 1. The van der Waals surface area contributed by atoms with Crippen molar-refractivity contribution in [2.24, 2.45) is 5.10 Å². The SMILES string of the molecule is Cc1ccc(N2N=CC(=C3C=CC=CN3[O-])[N+]2=O)cc1. The fourth-order valence-corrected chi connectivity index (χ4v) is 1.95. The van der Waals surface area contributed by atoms with Gasteiger partial charge in [0.2, 0.25) is 6.21 Å². The van der Waals surface area contributed by atoms with Crippen molar-refractivity contribution in [2.45, 2.75) is 6.92 Å². The maximum atomic E-state index is 12.3. The molecule has 0 unspecified atom stereocenters. The first-order chi connectivity index (χ1) is 9.66. The molecule has 0 aromatic heterocycles. The Kier molecular flexibility index (Phi) is 2.92. The molecule has 0 aliphatic carbocycles. The van der Waals surface area contributed by atoms with Crippen LogP contribution in [-0.2, 0) is 0 Å². The van der Waals surface area contributed by atoms with E-state index in [4.69, 9.17) is 0 Å². The van der Waals surface area contributed by atoms with Crippen LogP contribution < -0.4 is 5.12 Å². The second-order valence-corrected chi connectivity index (χ2v) is 4.44. The van der Waals surface area contributed by atoms with Crippen molar-refractivity contribution < 1.29 is 4.87 Å². The maximum absolute atomic E-state index is 12.3. The molecule has 2 aliphatic rings. The first kappa shape index (κ1) is 12.3. The van der Waals surface area contributed by atoms with Gasteiger partial charge >= 0.3 is 0 Å². The summed E-state index contributed by atoms with van der Waals surface area (Å²) < 4.78 is 0. The average Bonchev–Trinajstić information content (AvgIpc) is 2.82. The number of hydroxylamine groups is 2. The molecule has 0 spiro atoms. The van der Waals surface area contributed by atoms with E-state index in [0.717, 1.165) is 5.56 Å². The summed E-state index contributed by atoms with van der Waals surface area (Å²) in [7, 11) is 0. The highest BCUT2D eigenvalue weighted by Crippen LogP contribution is 2.24. The van der Waals surface area contributed by atoms with E-state index in [1.807, 2.05) is 19.1 Å². The summed E-state index contributed by atoms with van der Waals surface area (Å²) in [4.78, 5) is 12.9. The van der Waals surface area contributed by atoms with Crippen molar-refractivity contribution in [3.05, 3.63) is 75.8 Å². The number of hydrogen-bond acceptors (Lipinski definition) is 4. The van der Waals surface area contributed by atoms with Gasteiger partial charge in [0.25, 0.3) is 5.70 Å². The zero-order valence-electron chi connectivity index (χ0n) is 10.8. The van der Waals surface area contributed by atoms with Crippen LogP contribution in [0.25, 0.3) is 0 Å². The molecule has 100 valence electrons. The molecule has 0 N–H and O–H groups in total. The van der Waals surface area contributed by atoms with Crippen molar-refractivity contribution in [1.29, 1.82) is 0 Å². The lowest BCUT2D eigenvalue weighted by Gasteiger charge is -2.28. The summed E-state index contributed by atoms with van der Waals surface area (Å²) in [6.07, 6.45) is 7.62. The zero-order valence-corrected chi connectivity index (χ0v) is 10.8. The lowest BCUT2D eigenvalue weighted by Crippen LogP contribution is -2.25. The van der Waals surface area contributed by atoms with E-state index in [2.05, 4.69) is 5.10 Å². The summed E-state index contributed by atoms with van der Waals surface area (Å²) >= 11 is 0. The highest BCUT2D eigenvalue weighted by Gasteiger charge is 2.34. The Morgan fingerprint density at radius 1 is 1.20 bits per heavy atom. The van der Waals surface area contributed by atoms with Gasteiger partial charge in [-0.15, -0.1) is 0 Å². The van der Waals surface area contributed by atoms with Gasteiger partial charge in [-0.3, -0.25) is 0 Å². The monoisotopic (exact) mass is 268 g/mol. The van der Waals surface area contributed by atoms with Crippen molar-refractivity contribution in [3.8, 4) is 0 Å². The molecule has 0 atom stereocenters.